The van der Waals surface area contributed by atoms with Gasteiger partial charge >= 0.3 is 0 Å². The number of amides is 1. The molecule has 1 heterocycles. The molecule has 0 aromatic heterocycles. The summed E-state index contributed by atoms with van der Waals surface area (Å²) in [6, 6.07) is 12.4. The van der Waals surface area contributed by atoms with Crippen molar-refractivity contribution >= 4 is 17.5 Å². The fourth-order valence-corrected chi connectivity index (χ4v) is 2.06. The third-order valence-corrected chi connectivity index (χ3v) is 3.25. The van der Waals surface area contributed by atoms with E-state index < -0.39 is 0 Å². The minimum absolute atomic E-state index is 0.140. The molecule has 0 aliphatic carbocycles. The van der Waals surface area contributed by atoms with Gasteiger partial charge in [-0.05, 0) is 42.0 Å². The summed E-state index contributed by atoms with van der Waals surface area (Å²) in [5, 5.41) is 3.46. The van der Waals surface area contributed by atoms with Crippen LogP contribution in [0.25, 0.3) is 0 Å². The van der Waals surface area contributed by atoms with Crippen molar-refractivity contribution < 1.29 is 14.3 Å². The second-order valence-electron chi connectivity index (χ2n) is 4.38. The quantitative estimate of drug-likeness (QED) is 0.945. The summed E-state index contributed by atoms with van der Waals surface area (Å²) in [6.45, 7) is 0.675. The van der Waals surface area contributed by atoms with E-state index in [4.69, 9.17) is 21.1 Å². The van der Waals surface area contributed by atoms with E-state index in [-0.39, 0.29) is 12.7 Å². The summed E-state index contributed by atoms with van der Waals surface area (Å²) in [7, 11) is 0. The van der Waals surface area contributed by atoms with Gasteiger partial charge in [-0.2, -0.15) is 0 Å². The molecule has 0 atom stereocenters. The van der Waals surface area contributed by atoms with Crippen LogP contribution in [-0.2, 0) is 6.54 Å². The van der Waals surface area contributed by atoms with E-state index in [1.54, 1.807) is 24.3 Å². The van der Waals surface area contributed by atoms with Gasteiger partial charge in [-0.15, -0.1) is 0 Å². The lowest BCUT2D eigenvalue weighted by atomic mass is 10.2. The number of hydrogen-bond acceptors (Lipinski definition) is 3. The van der Waals surface area contributed by atoms with Crippen LogP contribution >= 0.6 is 11.6 Å². The Balaban J connectivity index is 1.64. The van der Waals surface area contributed by atoms with E-state index in [0.29, 0.717) is 22.9 Å². The van der Waals surface area contributed by atoms with Crippen LogP contribution in [0, 0.1) is 0 Å². The molecule has 2 aromatic carbocycles. The average Bonchev–Trinajstić information content (AvgIpc) is 2.93. The number of ether oxygens (including phenoxy) is 2. The molecule has 3 rings (SSSR count). The molecule has 2 aromatic rings. The summed E-state index contributed by atoms with van der Waals surface area (Å²) in [5.41, 5.74) is 1.53. The Morgan fingerprint density at radius 3 is 2.65 bits per heavy atom. The molecule has 4 nitrogen and oxygen atoms in total. The van der Waals surface area contributed by atoms with Crippen molar-refractivity contribution in [3.8, 4) is 11.5 Å². The van der Waals surface area contributed by atoms with Crippen LogP contribution in [-0.4, -0.2) is 12.7 Å². The lowest BCUT2D eigenvalue weighted by Crippen LogP contribution is -2.22. The third-order valence-electron chi connectivity index (χ3n) is 3.00. The molecule has 102 valence electrons. The number of hydrogen-bond donors (Lipinski definition) is 1. The topological polar surface area (TPSA) is 47.6 Å². The lowest BCUT2D eigenvalue weighted by molar-refractivity contribution is 0.0951. The maximum absolute atomic E-state index is 12.0. The zero-order chi connectivity index (χ0) is 13.9. The highest BCUT2D eigenvalue weighted by molar-refractivity contribution is 6.30. The highest BCUT2D eigenvalue weighted by Gasteiger charge is 2.13. The van der Waals surface area contributed by atoms with Gasteiger partial charge in [-0.3, -0.25) is 4.79 Å². The van der Waals surface area contributed by atoms with Gasteiger partial charge in [0.25, 0.3) is 5.91 Å². The molecule has 5 heteroatoms. The van der Waals surface area contributed by atoms with Crippen LogP contribution in [0.1, 0.15) is 15.9 Å². The number of rotatable bonds is 3. The summed E-state index contributed by atoms with van der Waals surface area (Å²) in [6.07, 6.45) is 0. The van der Waals surface area contributed by atoms with Crippen LogP contribution in [0.5, 0.6) is 11.5 Å². The Bertz CT molecular complexity index is 640. The van der Waals surface area contributed by atoms with Gasteiger partial charge in [0, 0.05) is 17.1 Å². The minimum atomic E-state index is -0.140. The Morgan fingerprint density at radius 1 is 1.10 bits per heavy atom. The highest BCUT2D eigenvalue weighted by atomic mass is 35.5. The fourth-order valence-electron chi connectivity index (χ4n) is 1.94. The number of nitrogens with one attached hydrogen (secondary N) is 1. The largest absolute Gasteiger partial charge is 0.454 e. The number of fused-ring (bicyclic) bond motifs is 1. The molecule has 0 saturated carbocycles. The fraction of sp³-hybridized carbons (Fsp3) is 0.133. The molecular weight excluding hydrogens is 278 g/mol. The van der Waals surface area contributed by atoms with Gasteiger partial charge in [0.15, 0.2) is 11.5 Å². The maximum atomic E-state index is 12.0. The van der Waals surface area contributed by atoms with Crippen molar-refractivity contribution in [2.75, 3.05) is 6.79 Å². The Kier molecular flexibility index (Phi) is 3.48. The normalized spacial score (nSPS) is 12.2. The second-order valence-corrected chi connectivity index (χ2v) is 4.81. The third kappa shape index (κ3) is 2.70. The zero-order valence-electron chi connectivity index (χ0n) is 10.6. The first kappa shape index (κ1) is 12.8. The highest BCUT2D eigenvalue weighted by Crippen LogP contribution is 2.32. The van der Waals surface area contributed by atoms with Crippen molar-refractivity contribution in [2.24, 2.45) is 0 Å². The van der Waals surface area contributed by atoms with E-state index in [1.165, 1.54) is 0 Å². The van der Waals surface area contributed by atoms with E-state index in [0.717, 1.165) is 11.3 Å². The number of carbonyl (C=O) groups excluding carboxylic acids is 1. The van der Waals surface area contributed by atoms with Gasteiger partial charge < -0.3 is 14.8 Å². The summed E-state index contributed by atoms with van der Waals surface area (Å²) >= 11 is 5.79. The maximum Gasteiger partial charge on any atom is 0.251 e. The van der Waals surface area contributed by atoms with Crippen molar-refractivity contribution in [1.82, 2.24) is 5.32 Å². The molecule has 1 amide bonds. The van der Waals surface area contributed by atoms with Gasteiger partial charge in [-0.25, -0.2) is 0 Å². The van der Waals surface area contributed by atoms with Crippen LogP contribution in [0.15, 0.2) is 42.5 Å². The molecule has 0 radical (unpaired) electrons. The zero-order valence-corrected chi connectivity index (χ0v) is 11.3. The van der Waals surface area contributed by atoms with Gasteiger partial charge in [0.05, 0.1) is 0 Å². The van der Waals surface area contributed by atoms with Gasteiger partial charge in [-0.1, -0.05) is 17.7 Å². The smallest absolute Gasteiger partial charge is 0.251 e. The molecule has 1 aliphatic rings. The Morgan fingerprint density at radius 2 is 1.85 bits per heavy atom. The van der Waals surface area contributed by atoms with E-state index in [1.807, 2.05) is 18.2 Å². The lowest BCUT2D eigenvalue weighted by Gasteiger charge is -2.06. The predicted molar refractivity (Wildman–Crippen MR) is 75.2 cm³/mol. The molecule has 0 saturated heterocycles. The van der Waals surface area contributed by atoms with Crippen molar-refractivity contribution in [3.05, 3.63) is 58.6 Å². The monoisotopic (exact) mass is 289 g/mol. The SMILES string of the molecule is O=C(NCc1ccc2c(c1)OCO2)c1ccc(Cl)cc1. The van der Waals surface area contributed by atoms with E-state index >= 15 is 0 Å². The molecule has 0 bridgehead atoms. The second kappa shape index (κ2) is 5.43. The summed E-state index contributed by atoms with van der Waals surface area (Å²) in [5.74, 6) is 1.31. The first-order valence-electron chi connectivity index (χ1n) is 6.15. The minimum Gasteiger partial charge on any atom is -0.454 e. The molecule has 20 heavy (non-hydrogen) atoms. The molecule has 0 spiro atoms. The molecule has 0 unspecified atom stereocenters. The summed E-state index contributed by atoms with van der Waals surface area (Å²) < 4.78 is 10.5. The van der Waals surface area contributed by atoms with Crippen molar-refractivity contribution in [1.29, 1.82) is 0 Å². The predicted octanol–water partition coefficient (Wildman–Crippen LogP) is 3.00. The first-order valence-corrected chi connectivity index (χ1v) is 6.52. The van der Waals surface area contributed by atoms with Crippen LogP contribution in [0.4, 0.5) is 0 Å². The number of carbonyl (C=O) groups is 1. The first-order chi connectivity index (χ1) is 9.72. The van der Waals surface area contributed by atoms with Crippen LogP contribution < -0.4 is 14.8 Å². The van der Waals surface area contributed by atoms with E-state index in [2.05, 4.69) is 5.32 Å². The number of halogens is 1. The van der Waals surface area contributed by atoms with Crippen LogP contribution in [0.3, 0.4) is 0 Å². The summed E-state index contributed by atoms with van der Waals surface area (Å²) in [4.78, 5) is 12.0. The van der Waals surface area contributed by atoms with Gasteiger partial charge in [0.2, 0.25) is 6.79 Å². The standard InChI is InChI=1S/C15H12ClNO3/c16-12-4-2-11(3-5-12)15(18)17-8-10-1-6-13-14(7-10)20-9-19-13/h1-7H,8-9H2,(H,17,18). The van der Waals surface area contributed by atoms with Crippen LogP contribution in [0.2, 0.25) is 5.02 Å². The molecule has 1 aliphatic heterocycles. The van der Waals surface area contributed by atoms with Crippen molar-refractivity contribution in [3.63, 3.8) is 0 Å². The Labute approximate surface area is 121 Å². The van der Waals surface area contributed by atoms with Crippen molar-refractivity contribution in [2.45, 2.75) is 6.54 Å². The van der Waals surface area contributed by atoms with E-state index in [9.17, 15) is 4.79 Å². The average molecular weight is 290 g/mol. The Hall–Kier alpha value is -2.20. The molecular formula is C15H12ClNO3. The molecule has 0 fully saturated rings. The number of benzene rings is 2. The van der Waals surface area contributed by atoms with Gasteiger partial charge in [0.1, 0.15) is 0 Å². The molecule has 1 N–H and O–H groups in total.